The molecule has 0 saturated carbocycles. The predicted octanol–water partition coefficient (Wildman–Crippen LogP) is 5.03. The van der Waals surface area contributed by atoms with Crippen molar-refractivity contribution in [1.82, 2.24) is 19.4 Å². The van der Waals surface area contributed by atoms with Crippen LogP contribution in [0.5, 0.6) is 0 Å². The van der Waals surface area contributed by atoms with E-state index in [0.717, 1.165) is 36.4 Å². The van der Waals surface area contributed by atoms with Crippen LogP contribution in [0.15, 0.2) is 59.5 Å². The fraction of sp³-hybridized carbons (Fsp3) is 0.333. The summed E-state index contributed by atoms with van der Waals surface area (Å²) in [5, 5.41) is 0. The van der Waals surface area contributed by atoms with Crippen molar-refractivity contribution in [2.45, 2.75) is 45.8 Å². The molecule has 0 N–H and O–H groups in total. The maximum atomic E-state index is 5.76. The Kier molecular flexibility index (Phi) is 4.68. The number of hydrogen-bond acceptors (Lipinski definition) is 4. The van der Waals surface area contributed by atoms with E-state index in [2.05, 4.69) is 70.8 Å². The standard InChI is InChI=1S/C24H26N4O/c1-17-5-10-22-23(12-17)28(16-25-22)13-19-6-8-20(9-7-19)24-26-21(15-29-24)14-27-11-3-4-18(27)2/h5-10,12,15-16,18H,3-4,11,13-14H2,1-2H3/t18-/m0/s1. The summed E-state index contributed by atoms with van der Waals surface area (Å²) in [6.45, 7) is 7.22. The van der Waals surface area contributed by atoms with Crippen LogP contribution in [0.2, 0.25) is 0 Å². The highest BCUT2D eigenvalue weighted by Gasteiger charge is 2.21. The average Bonchev–Trinajstić information content (AvgIpc) is 3.45. The topological polar surface area (TPSA) is 47.1 Å². The first-order chi connectivity index (χ1) is 14.2. The Morgan fingerprint density at radius 3 is 2.76 bits per heavy atom. The molecule has 1 atom stereocenters. The number of benzene rings is 2. The minimum atomic E-state index is 0.637. The van der Waals surface area contributed by atoms with E-state index in [1.54, 1.807) is 6.26 Å². The van der Waals surface area contributed by atoms with Crippen LogP contribution in [0.1, 0.15) is 36.6 Å². The molecule has 1 saturated heterocycles. The number of hydrogen-bond donors (Lipinski definition) is 0. The molecule has 0 bridgehead atoms. The molecule has 0 unspecified atom stereocenters. The predicted molar refractivity (Wildman–Crippen MR) is 115 cm³/mol. The Morgan fingerprint density at radius 1 is 1.10 bits per heavy atom. The van der Waals surface area contributed by atoms with Crippen LogP contribution in [0.25, 0.3) is 22.5 Å². The number of rotatable bonds is 5. The van der Waals surface area contributed by atoms with Crippen LogP contribution in [-0.2, 0) is 13.1 Å². The summed E-state index contributed by atoms with van der Waals surface area (Å²) < 4.78 is 7.95. The van der Waals surface area contributed by atoms with Gasteiger partial charge in [-0.05, 0) is 68.6 Å². The minimum Gasteiger partial charge on any atom is -0.444 e. The molecule has 4 aromatic rings. The fourth-order valence-electron chi connectivity index (χ4n) is 4.19. The minimum absolute atomic E-state index is 0.637. The molecule has 1 aliphatic rings. The molecule has 1 aliphatic heterocycles. The van der Waals surface area contributed by atoms with Gasteiger partial charge in [-0.3, -0.25) is 4.90 Å². The van der Waals surface area contributed by atoms with Crippen molar-refractivity contribution in [2.24, 2.45) is 0 Å². The first-order valence-corrected chi connectivity index (χ1v) is 10.3. The molecular weight excluding hydrogens is 360 g/mol. The van der Waals surface area contributed by atoms with Crippen molar-refractivity contribution in [3.05, 3.63) is 71.9 Å². The van der Waals surface area contributed by atoms with Crippen LogP contribution >= 0.6 is 0 Å². The number of nitrogens with zero attached hydrogens (tertiary/aromatic N) is 4. The zero-order valence-corrected chi connectivity index (χ0v) is 17.0. The first-order valence-electron chi connectivity index (χ1n) is 10.3. The van der Waals surface area contributed by atoms with Crippen molar-refractivity contribution in [1.29, 1.82) is 0 Å². The lowest BCUT2D eigenvalue weighted by molar-refractivity contribution is 0.257. The quantitative estimate of drug-likeness (QED) is 0.482. The van der Waals surface area contributed by atoms with E-state index in [1.165, 1.54) is 29.5 Å². The number of likely N-dealkylation sites (tertiary alicyclic amines) is 1. The summed E-state index contributed by atoms with van der Waals surface area (Å²) in [7, 11) is 0. The number of fused-ring (bicyclic) bond motifs is 1. The van der Waals surface area contributed by atoms with Gasteiger partial charge in [0.15, 0.2) is 0 Å². The van der Waals surface area contributed by atoms with Crippen LogP contribution in [-0.4, -0.2) is 32.0 Å². The van der Waals surface area contributed by atoms with Gasteiger partial charge in [0.05, 0.1) is 23.1 Å². The molecule has 1 fully saturated rings. The lowest BCUT2D eigenvalue weighted by Gasteiger charge is -2.18. The van der Waals surface area contributed by atoms with Gasteiger partial charge in [-0.25, -0.2) is 9.97 Å². The first kappa shape index (κ1) is 18.1. The van der Waals surface area contributed by atoms with E-state index in [4.69, 9.17) is 9.40 Å². The van der Waals surface area contributed by atoms with Gasteiger partial charge in [0.1, 0.15) is 6.26 Å². The van der Waals surface area contributed by atoms with Gasteiger partial charge in [-0.15, -0.1) is 0 Å². The summed E-state index contributed by atoms with van der Waals surface area (Å²) in [6.07, 6.45) is 6.27. The zero-order valence-electron chi connectivity index (χ0n) is 17.0. The monoisotopic (exact) mass is 386 g/mol. The molecule has 2 aromatic carbocycles. The maximum absolute atomic E-state index is 5.76. The van der Waals surface area contributed by atoms with E-state index in [1.807, 2.05) is 6.33 Å². The second-order valence-electron chi connectivity index (χ2n) is 8.17. The molecule has 0 aliphatic carbocycles. The number of oxazole rings is 1. The van der Waals surface area contributed by atoms with E-state index in [9.17, 15) is 0 Å². The summed E-state index contributed by atoms with van der Waals surface area (Å²) in [4.78, 5) is 11.7. The number of imidazole rings is 1. The van der Waals surface area contributed by atoms with E-state index >= 15 is 0 Å². The van der Waals surface area contributed by atoms with Gasteiger partial charge >= 0.3 is 0 Å². The van der Waals surface area contributed by atoms with E-state index < -0.39 is 0 Å². The van der Waals surface area contributed by atoms with Crippen molar-refractivity contribution in [3.8, 4) is 11.5 Å². The average molecular weight is 386 g/mol. The molecule has 148 valence electrons. The second-order valence-corrected chi connectivity index (χ2v) is 8.17. The summed E-state index contributed by atoms with van der Waals surface area (Å²) in [6, 6.07) is 15.5. The van der Waals surface area contributed by atoms with E-state index in [0.29, 0.717) is 11.9 Å². The normalized spacial score (nSPS) is 17.4. The summed E-state index contributed by atoms with van der Waals surface area (Å²) >= 11 is 0. The zero-order chi connectivity index (χ0) is 19.8. The Labute approximate surface area is 171 Å². The van der Waals surface area contributed by atoms with Crippen LogP contribution < -0.4 is 0 Å². The van der Waals surface area contributed by atoms with Crippen molar-refractivity contribution in [2.75, 3.05) is 6.54 Å². The van der Waals surface area contributed by atoms with Crippen molar-refractivity contribution < 1.29 is 4.42 Å². The van der Waals surface area contributed by atoms with Crippen LogP contribution in [0.4, 0.5) is 0 Å². The molecular formula is C24H26N4O. The molecule has 5 heteroatoms. The number of aryl methyl sites for hydroxylation is 1. The van der Waals surface area contributed by atoms with Gasteiger partial charge in [-0.1, -0.05) is 18.2 Å². The van der Waals surface area contributed by atoms with E-state index in [-0.39, 0.29) is 0 Å². The number of aromatic nitrogens is 3. The molecule has 3 heterocycles. The third-order valence-corrected chi connectivity index (χ3v) is 5.94. The largest absolute Gasteiger partial charge is 0.444 e. The molecule has 0 amide bonds. The van der Waals surface area contributed by atoms with Gasteiger partial charge in [0.25, 0.3) is 0 Å². The molecule has 0 radical (unpaired) electrons. The van der Waals surface area contributed by atoms with Gasteiger partial charge < -0.3 is 8.98 Å². The Bertz CT molecular complexity index is 1130. The van der Waals surface area contributed by atoms with Crippen LogP contribution in [0, 0.1) is 6.92 Å². The molecule has 5 rings (SSSR count). The third kappa shape index (κ3) is 3.70. The molecule has 5 nitrogen and oxygen atoms in total. The maximum Gasteiger partial charge on any atom is 0.226 e. The molecule has 0 spiro atoms. The van der Waals surface area contributed by atoms with Gasteiger partial charge in [0, 0.05) is 24.7 Å². The van der Waals surface area contributed by atoms with Crippen molar-refractivity contribution in [3.63, 3.8) is 0 Å². The Balaban J connectivity index is 1.30. The summed E-state index contributed by atoms with van der Waals surface area (Å²) in [5.41, 5.74) is 6.71. The Hall–Kier alpha value is -2.92. The smallest absolute Gasteiger partial charge is 0.226 e. The highest BCUT2D eigenvalue weighted by Crippen LogP contribution is 2.23. The SMILES string of the molecule is Cc1ccc2ncn(Cc3ccc(-c4nc(CN5CCC[C@@H]5C)co4)cc3)c2c1. The molecule has 2 aromatic heterocycles. The van der Waals surface area contributed by atoms with Gasteiger partial charge in [0.2, 0.25) is 5.89 Å². The van der Waals surface area contributed by atoms with Gasteiger partial charge in [-0.2, -0.15) is 0 Å². The highest BCUT2D eigenvalue weighted by molar-refractivity contribution is 5.76. The highest BCUT2D eigenvalue weighted by atomic mass is 16.3. The third-order valence-electron chi connectivity index (χ3n) is 5.94. The molecule has 29 heavy (non-hydrogen) atoms. The second kappa shape index (κ2) is 7.48. The Morgan fingerprint density at radius 2 is 1.97 bits per heavy atom. The van der Waals surface area contributed by atoms with Crippen molar-refractivity contribution >= 4 is 11.0 Å². The summed E-state index contributed by atoms with van der Waals surface area (Å²) in [5.74, 6) is 0.696. The van der Waals surface area contributed by atoms with Crippen LogP contribution in [0.3, 0.4) is 0 Å². The lowest BCUT2D eigenvalue weighted by atomic mass is 10.1. The lowest BCUT2D eigenvalue weighted by Crippen LogP contribution is -2.26. The fourth-order valence-corrected chi connectivity index (χ4v) is 4.19.